The second kappa shape index (κ2) is 6.76. The summed E-state index contributed by atoms with van der Waals surface area (Å²) >= 11 is 0. The monoisotopic (exact) mass is 354 g/mol. The molecule has 0 fully saturated rings. The zero-order valence-electron chi connectivity index (χ0n) is 13.9. The number of nitrogens with zero attached hydrogens (tertiary/aromatic N) is 3. The third-order valence-corrected chi connectivity index (χ3v) is 4.53. The summed E-state index contributed by atoms with van der Waals surface area (Å²) in [4.78, 5) is 25.7. The van der Waals surface area contributed by atoms with Crippen molar-refractivity contribution < 1.29 is 8.78 Å². The summed E-state index contributed by atoms with van der Waals surface area (Å²) in [6, 6.07) is 7.43. The van der Waals surface area contributed by atoms with Gasteiger partial charge in [-0.2, -0.15) is 0 Å². The number of aromatic nitrogens is 3. The van der Waals surface area contributed by atoms with E-state index in [1.165, 1.54) is 18.2 Å². The van der Waals surface area contributed by atoms with Crippen molar-refractivity contribution in [2.75, 3.05) is 6.54 Å². The normalized spacial score (nSPS) is 14.2. The SMILES string of the molecule is O=c1[nH]c(-c2cccnc2)nc2c1CCN(Cc1c(F)cccc1F)C2. The van der Waals surface area contributed by atoms with Crippen molar-refractivity contribution >= 4 is 0 Å². The highest BCUT2D eigenvalue weighted by atomic mass is 19.1. The quantitative estimate of drug-likeness (QED) is 0.786. The van der Waals surface area contributed by atoms with Crippen molar-refractivity contribution in [3.8, 4) is 11.4 Å². The van der Waals surface area contributed by atoms with Gasteiger partial charge < -0.3 is 4.98 Å². The lowest BCUT2D eigenvalue weighted by atomic mass is 10.0. The Balaban J connectivity index is 1.64. The van der Waals surface area contributed by atoms with Crippen LogP contribution in [-0.4, -0.2) is 26.4 Å². The van der Waals surface area contributed by atoms with E-state index in [1.54, 1.807) is 18.5 Å². The highest BCUT2D eigenvalue weighted by molar-refractivity contribution is 5.53. The predicted octanol–water partition coefficient (Wildman–Crippen LogP) is 2.67. The van der Waals surface area contributed by atoms with Crippen molar-refractivity contribution in [1.82, 2.24) is 19.9 Å². The number of benzene rings is 1. The average Bonchev–Trinajstić information content (AvgIpc) is 2.65. The highest BCUT2D eigenvalue weighted by Gasteiger charge is 2.23. The van der Waals surface area contributed by atoms with Crippen LogP contribution in [0.15, 0.2) is 47.5 Å². The summed E-state index contributed by atoms with van der Waals surface area (Å²) in [7, 11) is 0. The average molecular weight is 354 g/mol. The zero-order chi connectivity index (χ0) is 18.1. The molecule has 1 aliphatic rings. The van der Waals surface area contributed by atoms with Crippen LogP contribution >= 0.6 is 0 Å². The van der Waals surface area contributed by atoms with Crippen molar-refractivity contribution in [3.63, 3.8) is 0 Å². The van der Waals surface area contributed by atoms with Gasteiger partial charge in [0.25, 0.3) is 5.56 Å². The molecule has 1 aliphatic heterocycles. The van der Waals surface area contributed by atoms with Crippen molar-refractivity contribution in [2.24, 2.45) is 0 Å². The Bertz CT molecular complexity index is 984. The Hall–Kier alpha value is -2.93. The number of nitrogens with one attached hydrogen (secondary N) is 1. The van der Waals surface area contributed by atoms with Crippen LogP contribution in [0.4, 0.5) is 8.78 Å². The minimum Gasteiger partial charge on any atom is -0.306 e. The van der Waals surface area contributed by atoms with Crippen LogP contribution in [0.3, 0.4) is 0 Å². The summed E-state index contributed by atoms with van der Waals surface area (Å²) in [5.41, 5.74) is 1.84. The minimum absolute atomic E-state index is 0.0354. The summed E-state index contributed by atoms with van der Waals surface area (Å²) in [5, 5.41) is 0. The van der Waals surface area contributed by atoms with Gasteiger partial charge in [-0.05, 0) is 30.7 Å². The van der Waals surface area contributed by atoms with Crippen LogP contribution in [0.5, 0.6) is 0 Å². The molecule has 0 aliphatic carbocycles. The number of H-pyrrole nitrogens is 1. The molecule has 0 radical (unpaired) electrons. The van der Waals surface area contributed by atoms with Crippen molar-refractivity contribution in [3.05, 3.63) is 81.5 Å². The molecule has 4 rings (SSSR count). The molecule has 3 heterocycles. The number of rotatable bonds is 3. The van der Waals surface area contributed by atoms with Crippen molar-refractivity contribution in [1.29, 1.82) is 0 Å². The molecule has 2 aromatic heterocycles. The fourth-order valence-corrected chi connectivity index (χ4v) is 3.18. The second-order valence-corrected chi connectivity index (χ2v) is 6.24. The molecular formula is C19H16F2N4O. The molecule has 0 spiro atoms. The van der Waals surface area contributed by atoms with Gasteiger partial charge in [0.15, 0.2) is 0 Å². The fraction of sp³-hybridized carbons (Fsp3) is 0.211. The van der Waals surface area contributed by atoms with E-state index < -0.39 is 11.6 Å². The van der Waals surface area contributed by atoms with Gasteiger partial charge in [-0.3, -0.25) is 14.7 Å². The van der Waals surface area contributed by atoms with Gasteiger partial charge in [0.2, 0.25) is 0 Å². The van der Waals surface area contributed by atoms with Gasteiger partial charge in [-0.1, -0.05) is 6.07 Å². The molecule has 0 unspecified atom stereocenters. The Morgan fingerprint density at radius 2 is 1.96 bits per heavy atom. The number of fused-ring (bicyclic) bond motifs is 1. The maximum Gasteiger partial charge on any atom is 0.254 e. The number of hydrogen-bond acceptors (Lipinski definition) is 4. The smallest absolute Gasteiger partial charge is 0.254 e. The van der Waals surface area contributed by atoms with E-state index in [0.717, 1.165) is 0 Å². The number of aromatic amines is 1. The number of hydrogen-bond donors (Lipinski definition) is 1. The molecule has 132 valence electrons. The molecule has 26 heavy (non-hydrogen) atoms. The summed E-state index contributed by atoms with van der Waals surface area (Å²) in [6.07, 6.45) is 3.76. The molecule has 5 nitrogen and oxygen atoms in total. The van der Waals surface area contributed by atoms with Crippen LogP contribution in [0.1, 0.15) is 16.8 Å². The first kappa shape index (κ1) is 16.5. The fourth-order valence-electron chi connectivity index (χ4n) is 3.18. The van der Waals surface area contributed by atoms with E-state index in [4.69, 9.17) is 0 Å². The molecule has 0 saturated carbocycles. The number of halogens is 2. The van der Waals surface area contributed by atoms with E-state index in [-0.39, 0.29) is 17.7 Å². The molecule has 3 aromatic rings. The lowest BCUT2D eigenvalue weighted by molar-refractivity contribution is 0.233. The molecule has 1 aromatic carbocycles. The third-order valence-electron chi connectivity index (χ3n) is 4.53. The predicted molar refractivity (Wildman–Crippen MR) is 92.3 cm³/mol. The first-order valence-corrected chi connectivity index (χ1v) is 8.29. The van der Waals surface area contributed by atoms with Gasteiger partial charge >= 0.3 is 0 Å². The van der Waals surface area contributed by atoms with E-state index in [1.807, 2.05) is 11.0 Å². The van der Waals surface area contributed by atoms with Gasteiger partial charge in [-0.25, -0.2) is 13.8 Å². The maximum atomic E-state index is 13.9. The summed E-state index contributed by atoms with van der Waals surface area (Å²) in [6.45, 7) is 1.03. The molecule has 0 saturated heterocycles. The van der Waals surface area contributed by atoms with E-state index in [9.17, 15) is 13.6 Å². The van der Waals surface area contributed by atoms with Gasteiger partial charge in [-0.15, -0.1) is 0 Å². The molecule has 7 heteroatoms. The second-order valence-electron chi connectivity index (χ2n) is 6.24. The minimum atomic E-state index is -0.564. The van der Waals surface area contributed by atoms with Crippen LogP contribution in [0, 0.1) is 11.6 Å². The van der Waals surface area contributed by atoms with Crippen molar-refractivity contribution in [2.45, 2.75) is 19.5 Å². The van der Waals surface area contributed by atoms with Crippen LogP contribution in [0.2, 0.25) is 0 Å². The largest absolute Gasteiger partial charge is 0.306 e. The van der Waals surface area contributed by atoms with E-state index in [2.05, 4.69) is 15.0 Å². The molecule has 0 atom stereocenters. The van der Waals surface area contributed by atoms with Gasteiger partial charge in [0, 0.05) is 48.7 Å². The van der Waals surface area contributed by atoms with Crippen LogP contribution < -0.4 is 5.56 Å². The summed E-state index contributed by atoms with van der Waals surface area (Å²) < 4.78 is 27.8. The third kappa shape index (κ3) is 3.13. The topological polar surface area (TPSA) is 61.9 Å². The Morgan fingerprint density at radius 3 is 2.69 bits per heavy atom. The lowest BCUT2D eigenvalue weighted by Gasteiger charge is -2.28. The summed E-state index contributed by atoms with van der Waals surface area (Å²) in [5.74, 6) is -0.683. The van der Waals surface area contributed by atoms with Gasteiger partial charge in [0.1, 0.15) is 17.5 Å². The van der Waals surface area contributed by atoms with Crippen LogP contribution in [-0.2, 0) is 19.5 Å². The van der Waals surface area contributed by atoms with Crippen LogP contribution in [0.25, 0.3) is 11.4 Å². The number of pyridine rings is 1. The van der Waals surface area contributed by atoms with E-state index in [0.29, 0.717) is 42.2 Å². The maximum absolute atomic E-state index is 13.9. The Labute approximate surface area is 148 Å². The molecule has 0 bridgehead atoms. The zero-order valence-corrected chi connectivity index (χ0v) is 13.9. The first-order valence-electron chi connectivity index (χ1n) is 8.29. The standard InChI is InChI=1S/C19H16F2N4O/c20-15-4-1-5-16(21)14(15)10-25-8-6-13-17(11-25)23-18(24-19(13)26)12-3-2-7-22-9-12/h1-5,7,9H,6,8,10-11H2,(H,23,24,26). The molecule has 0 amide bonds. The molecular weight excluding hydrogens is 338 g/mol. The first-order chi connectivity index (χ1) is 12.6. The van der Waals surface area contributed by atoms with E-state index >= 15 is 0 Å². The Morgan fingerprint density at radius 1 is 1.15 bits per heavy atom. The van der Waals surface area contributed by atoms with Gasteiger partial charge in [0.05, 0.1) is 5.69 Å². The molecule has 1 N–H and O–H groups in total. The Kier molecular flexibility index (Phi) is 4.30. The highest BCUT2D eigenvalue weighted by Crippen LogP contribution is 2.21. The lowest BCUT2D eigenvalue weighted by Crippen LogP contribution is -2.35.